The molecule has 6 nitrogen and oxygen atoms in total. The average molecular weight is 239 g/mol. The Balaban J connectivity index is 2.21. The van der Waals surface area contributed by atoms with Gasteiger partial charge in [-0.3, -0.25) is 9.89 Å². The quantitative estimate of drug-likeness (QED) is 0.603. The third-order valence-electron chi connectivity index (χ3n) is 2.67. The van der Waals surface area contributed by atoms with Crippen LogP contribution in [-0.2, 0) is 0 Å². The lowest BCUT2D eigenvalue weighted by Crippen LogP contribution is -2.30. The number of hydrogen-bond acceptors (Lipinski definition) is 4. The lowest BCUT2D eigenvalue weighted by atomic mass is 10.3. The minimum atomic E-state index is -0.159. The molecule has 0 spiro atoms. The van der Waals surface area contributed by atoms with E-state index in [4.69, 9.17) is 5.73 Å². The fourth-order valence-corrected chi connectivity index (χ4v) is 1.59. The molecule has 0 unspecified atom stereocenters. The van der Waals surface area contributed by atoms with E-state index in [-0.39, 0.29) is 5.91 Å². The number of rotatable bonds is 7. The Kier molecular flexibility index (Phi) is 5.48. The Hall–Kier alpha value is -1.56. The number of H-pyrrole nitrogens is 1. The van der Waals surface area contributed by atoms with Crippen molar-refractivity contribution < 1.29 is 4.79 Å². The van der Waals surface area contributed by atoms with Gasteiger partial charge >= 0.3 is 0 Å². The zero-order chi connectivity index (χ0) is 12.7. The second-order valence-electron chi connectivity index (χ2n) is 3.84. The first-order valence-electron chi connectivity index (χ1n) is 5.98. The molecule has 6 heteroatoms. The van der Waals surface area contributed by atoms with Crippen LogP contribution in [0.25, 0.3) is 0 Å². The summed E-state index contributed by atoms with van der Waals surface area (Å²) in [7, 11) is 0. The molecule has 0 bridgehead atoms. The number of anilines is 1. The maximum absolute atomic E-state index is 11.6. The molecule has 96 valence electrons. The predicted molar refractivity (Wildman–Crippen MR) is 67.7 cm³/mol. The van der Waals surface area contributed by atoms with Crippen molar-refractivity contribution in [2.24, 2.45) is 0 Å². The number of nitrogens with one attached hydrogen (secondary N) is 2. The Labute approximate surface area is 102 Å². The molecule has 0 fully saturated rings. The Morgan fingerprint density at radius 3 is 2.76 bits per heavy atom. The van der Waals surface area contributed by atoms with Gasteiger partial charge in [-0.2, -0.15) is 5.10 Å². The molecule has 0 aliphatic heterocycles. The number of aromatic amines is 1. The van der Waals surface area contributed by atoms with Crippen molar-refractivity contribution in [3.05, 3.63) is 11.8 Å². The lowest BCUT2D eigenvalue weighted by molar-refractivity contribution is 0.0947. The van der Waals surface area contributed by atoms with E-state index < -0.39 is 0 Å². The lowest BCUT2D eigenvalue weighted by Gasteiger charge is -2.17. The molecule has 0 aliphatic carbocycles. The number of aromatic nitrogens is 2. The summed E-state index contributed by atoms with van der Waals surface area (Å²) in [6, 6.07) is 1.53. The summed E-state index contributed by atoms with van der Waals surface area (Å²) in [4.78, 5) is 13.9. The zero-order valence-electron chi connectivity index (χ0n) is 10.5. The van der Waals surface area contributed by atoms with Gasteiger partial charge in [-0.15, -0.1) is 0 Å². The van der Waals surface area contributed by atoms with Crippen LogP contribution in [0.5, 0.6) is 0 Å². The van der Waals surface area contributed by atoms with Gasteiger partial charge in [-0.25, -0.2) is 0 Å². The standard InChI is InChI=1S/C11H21N5O/c1-3-16(4-2)7-5-6-13-11(17)9-8-10(12)15-14-9/h8H,3-7H2,1-2H3,(H,13,17)(H3,12,14,15). The molecule has 1 aromatic heterocycles. The summed E-state index contributed by atoms with van der Waals surface area (Å²) in [6.07, 6.45) is 0.942. The summed E-state index contributed by atoms with van der Waals surface area (Å²) >= 11 is 0. The largest absolute Gasteiger partial charge is 0.382 e. The number of carbonyl (C=O) groups excluding carboxylic acids is 1. The van der Waals surface area contributed by atoms with E-state index >= 15 is 0 Å². The van der Waals surface area contributed by atoms with E-state index in [0.717, 1.165) is 26.1 Å². The van der Waals surface area contributed by atoms with Crippen LogP contribution in [0.15, 0.2) is 6.07 Å². The average Bonchev–Trinajstić information content (AvgIpc) is 2.76. The summed E-state index contributed by atoms with van der Waals surface area (Å²) in [5, 5.41) is 9.11. The van der Waals surface area contributed by atoms with E-state index in [1.807, 2.05) is 0 Å². The SMILES string of the molecule is CCN(CC)CCCNC(=O)c1cc(N)n[nH]1. The maximum Gasteiger partial charge on any atom is 0.269 e. The molecule has 0 atom stereocenters. The van der Waals surface area contributed by atoms with Gasteiger partial charge in [0, 0.05) is 12.6 Å². The van der Waals surface area contributed by atoms with Crippen LogP contribution in [0.3, 0.4) is 0 Å². The second-order valence-corrected chi connectivity index (χ2v) is 3.84. The molecule has 0 saturated heterocycles. The first kappa shape index (κ1) is 13.5. The van der Waals surface area contributed by atoms with Crippen molar-refractivity contribution >= 4 is 11.7 Å². The Morgan fingerprint density at radius 1 is 1.53 bits per heavy atom. The summed E-state index contributed by atoms with van der Waals surface area (Å²) in [6.45, 7) is 8.01. The zero-order valence-corrected chi connectivity index (χ0v) is 10.5. The predicted octanol–water partition coefficient (Wildman–Crippen LogP) is 0.454. The minimum absolute atomic E-state index is 0.159. The van der Waals surface area contributed by atoms with Gasteiger partial charge in [-0.1, -0.05) is 13.8 Å². The Bertz CT molecular complexity index is 345. The van der Waals surface area contributed by atoms with Crippen molar-refractivity contribution in [3.63, 3.8) is 0 Å². The first-order valence-corrected chi connectivity index (χ1v) is 5.98. The molecule has 4 N–H and O–H groups in total. The summed E-state index contributed by atoms with van der Waals surface area (Å²) in [5.41, 5.74) is 5.83. The van der Waals surface area contributed by atoms with Gasteiger partial charge in [-0.05, 0) is 26.1 Å². The number of nitrogen functional groups attached to an aromatic ring is 1. The summed E-state index contributed by atoms with van der Waals surface area (Å²) in [5.74, 6) is 0.173. The molecule has 17 heavy (non-hydrogen) atoms. The monoisotopic (exact) mass is 239 g/mol. The molecular formula is C11H21N5O. The van der Waals surface area contributed by atoms with Crippen LogP contribution in [0, 0.1) is 0 Å². The number of hydrogen-bond donors (Lipinski definition) is 3. The summed E-state index contributed by atoms with van der Waals surface area (Å²) < 4.78 is 0. The van der Waals surface area contributed by atoms with Gasteiger partial charge in [0.2, 0.25) is 0 Å². The van der Waals surface area contributed by atoms with E-state index in [1.54, 1.807) is 0 Å². The third-order valence-corrected chi connectivity index (χ3v) is 2.67. The van der Waals surface area contributed by atoms with Crippen LogP contribution in [0.1, 0.15) is 30.8 Å². The number of nitrogens with two attached hydrogens (primary N) is 1. The number of amides is 1. The van der Waals surface area contributed by atoms with Crippen molar-refractivity contribution in [1.82, 2.24) is 20.4 Å². The molecule has 1 amide bonds. The molecule has 1 aromatic rings. The van der Waals surface area contributed by atoms with Gasteiger partial charge in [0.05, 0.1) is 0 Å². The van der Waals surface area contributed by atoms with E-state index in [1.165, 1.54) is 6.07 Å². The molecule has 1 heterocycles. The van der Waals surface area contributed by atoms with Crippen LogP contribution >= 0.6 is 0 Å². The molecule has 0 aliphatic rings. The fraction of sp³-hybridized carbons (Fsp3) is 0.636. The highest BCUT2D eigenvalue weighted by atomic mass is 16.1. The van der Waals surface area contributed by atoms with Gasteiger partial charge in [0.1, 0.15) is 11.5 Å². The topological polar surface area (TPSA) is 87.0 Å². The highest BCUT2D eigenvalue weighted by Crippen LogP contribution is 1.99. The van der Waals surface area contributed by atoms with Crippen molar-refractivity contribution in [1.29, 1.82) is 0 Å². The van der Waals surface area contributed by atoms with Crippen LogP contribution in [0.4, 0.5) is 5.82 Å². The smallest absolute Gasteiger partial charge is 0.269 e. The van der Waals surface area contributed by atoms with E-state index in [0.29, 0.717) is 18.1 Å². The van der Waals surface area contributed by atoms with Crippen LogP contribution < -0.4 is 11.1 Å². The molecular weight excluding hydrogens is 218 g/mol. The van der Waals surface area contributed by atoms with Gasteiger partial charge < -0.3 is 16.0 Å². The molecule has 0 saturated carbocycles. The van der Waals surface area contributed by atoms with Crippen molar-refractivity contribution in [3.8, 4) is 0 Å². The van der Waals surface area contributed by atoms with Gasteiger partial charge in [0.15, 0.2) is 0 Å². The maximum atomic E-state index is 11.6. The van der Waals surface area contributed by atoms with Crippen molar-refractivity contribution in [2.75, 3.05) is 31.9 Å². The number of carbonyl (C=O) groups is 1. The van der Waals surface area contributed by atoms with Crippen LogP contribution in [-0.4, -0.2) is 47.2 Å². The highest BCUT2D eigenvalue weighted by Gasteiger charge is 2.07. The molecule has 0 aromatic carbocycles. The third kappa shape index (κ3) is 4.44. The van der Waals surface area contributed by atoms with E-state index in [9.17, 15) is 4.79 Å². The number of nitrogens with zero attached hydrogens (tertiary/aromatic N) is 2. The Morgan fingerprint density at radius 2 is 2.24 bits per heavy atom. The van der Waals surface area contributed by atoms with Crippen molar-refractivity contribution in [2.45, 2.75) is 20.3 Å². The molecule has 0 radical (unpaired) electrons. The first-order chi connectivity index (χ1) is 8.17. The minimum Gasteiger partial charge on any atom is -0.382 e. The molecule has 1 rings (SSSR count). The second kappa shape index (κ2) is 6.90. The van der Waals surface area contributed by atoms with E-state index in [2.05, 4.69) is 34.3 Å². The van der Waals surface area contributed by atoms with Gasteiger partial charge in [0.25, 0.3) is 5.91 Å². The van der Waals surface area contributed by atoms with Crippen LogP contribution in [0.2, 0.25) is 0 Å². The highest BCUT2D eigenvalue weighted by molar-refractivity contribution is 5.92. The normalized spacial score (nSPS) is 10.8. The fourth-order valence-electron chi connectivity index (χ4n) is 1.59.